The van der Waals surface area contributed by atoms with Gasteiger partial charge < -0.3 is 10.0 Å². The predicted octanol–water partition coefficient (Wildman–Crippen LogP) is 1.82. The topological polar surface area (TPSA) is 40.5 Å². The number of hydrogen-bond acceptors (Lipinski definition) is 2. The van der Waals surface area contributed by atoms with Crippen LogP contribution in [-0.2, 0) is 5.41 Å². The SMILES string of the molecule is CC(C)(C)c1cc(B(O)O)cc2ccccc12. The summed E-state index contributed by atoms with van der Waals surface area (Å²) in [6.07, 6.45) is 0. The highest BCUT2D eigenvalue weighted by Gasteiger charge is 2.20. The fourth-order valence-electron chi connectivity index (χ4n) is 2.10. The van der Waals surface area contributed by atoms with E-state index in [-0.39, 0.29) is 5.41 Å². The van der Waals surface area contributed by atoms with E-state index >= 15 is 0 Å². The molecule has 0 aromatic heterocycles. The zero-order valence-corrected chi connectivity index (χ0v) is 10.4. The lowest BCUT2D eigenvalue weighted by Gasteiger charge is -2.22. The Morgan fingerprint density at radius 1 is 1.00 bits per heavy atom. The first kappa shape index (κ1) is 12.2. The minimum absolute atomic E-state index is 0.0233. The summed E-state index contributed by atoms with van der Waals surface area (Å²) in [7, 11) is -1.42. The molecule has 0 radical (unpaired) electrons. The molecule has 17 heavy (non-hydrogen) atoms. The molecule has 2 N–H and O–H groups in total. The molecule has 2 aromatic carbocycles. The van der Waals surface area contributed by atoms with E-state index in [9.17, 15) is 10.0 Å². The molecule has 0 saturated carbocycles. The predicted molar refractivity (Wildman–Crippen MR) is 72.5 cm³/mol. The van der Waals surface area contributed by atoms with Gasteiger partial charge in [-0.15, -0.1) is 0 Å². The number of rotatable bonds is 1. The molecule has 0 amide bonds. The van der Waals surface area contributed by atoms with Crippen LogP contribution in [0.5, 0.6) is 0 Å². The van der Waals surface area contributed by atoms with Gasteiger partial charge in [0.15, 0.2) is 0 Å². The van der Waals surface area contributed by atoms with Crippen LogP contribution in [0.1, 0.15) is 26.3 Å². The molecule has 2 aromatic rings. The first-order valence-electron chi connectivity index (χ1n) is 5.79. The highest BCUT2D eigenvalue weighted by atomic mass is 16.4. The highest BCUT2D eigenvalue weighted by molar-refractivity contribution is 6.59. The summed E-state index contributed by atoms with van der Waals surface area (Å²) in [6, 6.07) is 11.7. The normalized spacial score (nSPS) is 11.8. The van der Waals surface area contributed by atoms with Crippen molar-refractivity contribution in [1.82, 2.24) is 0 Å². The average Bonchev–Trinajstić information content (AvgIpc) is 2.26. The summed E-state index contributed by atoms with van der Waals surface area (Å²) in [5.41, 5.74) is 1.66. The summed E-state index contributed by atoms with van der Waals surface area (Å²) in [6.45, 7) is 6.38. The maximum Gasteiger partial charge on any atom is 0.488 e. The summed E-state index contributed by atoms with van der Waals surface area (Å²) < 4.78 is 0. The maximum atomic E-state index is 9.33. The molecule has 2 nitrogen and oxygen atoms in total. The number of hydrogen-bond donors (Lipinski definition) is 2. The minimum Gasteiger partial charge on any atom is -0.423 e. The number of fused-ring (bicyclic) bond motifs is 1. The van der Waals surface area contributed by atoms with Gasteiger partial charge in [-0.2, -0.15) is 0 Å². The Morgan fingerprint density at radius 2 is 1.65 bits per heavy atom. The lowest BCUT2D eigenvalue weighted by Crippen LogP contribution is -2.31. The average molecular weight is 228 g/mol. The van der Waals surface area contributed by atoms with Gasteiger partial charge in [-0.25, -0.2) is 0 Å². The first-order chi connectivity index (χ1) is 7.89. The lowest BCUT2D eigenvalue weighted by atomic mass is 9.74. The standard InChI is InChI=1S/C14H17BO2/c1-14(2,3)13-9-11(15(16)17)8-10-6-4-5-7-12(10)13/h4-9,16-17H,1-3H3. The van der Waals surface area contributed by atoms with Gasteiger partial charge in [0.05, 0.1) is 0 Å². The van der Waals surface area contributed by atoms with Crippen molar-refractivity contribution in [3.05, 3.63) is 42.0 Å². The monoisotopic (exact) mass is 228 g/mol. The minimum atomic E-state index is -1.42. The van der Waals surface area contributed by atoms with Crippen molar-refractivity contribution in [2.24, 2.45) is 0 Å². The van der Waals surface area contributed by atoms with Gasteiger partial charge in [-0.3, -0.25) is 0 Å². The van der Waals surface area contributed by atoms with E-state index < -0.39 is 7.12 Å². The lowest BCUT2D eigenvalue weighted by molar-refractivity contribution is 0.425. The van der Waals surface area contributed by atoms with Crippen LogP contribution in [0.25, 0.3) is 10.8 Å². The number of benzene rings is 2. The molecule has 0 saturated heterocycles. The van der Waals surface area contributed by atoms with Crippen molar-refractivity contribution in [2.45, 2.75) is 26.2 Å². The molecule has 88 valence electrons. The zero-order valence-electron chi connectivity index (χ0n) is 10.4. The van der Waals surface area contributed by atoms with Gasteiger partial charge in [0.25, 0.3) is 0 Å². The fourth-order valence-corrected chi connectivity index (χ4v) is 2.10. The van der Waals surface area contributed by atoms with Crippen LogP contribution in [0.3, 0.4) is 0 Å². The van der Waals surface area contributed by atoms with Crippen LogP contribution in [0.15, 0.2) is 36.4 Å². The van der Waals surface area contributed by atoms with Gasteiger partial charge in [0.1, 0.15) is 0 Å². The summed E-state index contributed by atoms with van der Waals surface area (Å²) in [5.74, 6) is 0. The highest BCUT2D eigenvalue weighted by Crippen LogP contribution is 2.29. The Bertz CT molecular complexity index is 541. The van der Waals surface area contributed by atoms with E-state index in [0.717, 1.165) is 10.9 Å². The molecule has 0 bridgehead atoms. The van der Waals surface area contributed by atoms with Crippen LogP contribution >= 0.6 is 0 Å². The van der Waals surface area contributed by atoms with Crippen LogP contribution in [0.4, 0.5) is 0 Å². The van der Waals surface area contributed by atoms with Crippen LogP contribution < -0.4 is 5.46 Å². The second-order valence-corrected chi connectivity index (χ2v) is 5.41. The Labute approximate surface area is 102 Å². The van der Waals surface area contributed by atoms with Crippen molar-refractivity contribution >= 4 is 23.4 Å². The molecule has 0 aliphatic heterocycles. The summed E-state index contributed by atoms with van der Waals surface area (Å²) in [4.78, 5) is 0. The van der Waals surface area contributed by atoms with E-state index in [2.05, 4.69) is 26.8 Å². The third-order valence-corrected chi connectivity index (χ3v) is 2.99. The van der Waals surface area contributed by atoms with Crippen LogP contribution in [0.2, 0.25) is 0 Å². The van der Waals surface area contributed by atoms with Crippen molar-refractivity contribution in [3.8, 4) is 0 Å². The second-order valence-electron chi connectivity index (χ2n) is 5.41. The molecule has 2 rings (SSSR count). The Hall–Kier alpha value is -1.32. The van der Waals surface area contributed by atoms with E-state index in [1.54, 1.807) is 0 Å². The summed E-state index contributed by atoms with van der Waals surface area (Å²) in [5, 5.41) is 20.9. The quantitative estimate of drug-likeness (QED) is 0.731. The summed E-state index contributed by atoms with van der Waals surface area (Å²) >= 11 is 0. The molecule has 0 unspecified atom stereocenters. The molecule has 0 aliphatic rings. The van der Waals surface area contributed by atoms with E-state index in [0.29, 0.717) is 5.46 Å². The molecular weight excluding hydrogens is 211 g/mol. The zero-order chi connectivity index (χ0) is 12.6. The third kappa shape index (κ3) is 2.35. The van der Waals surface area contributed by atoms with Gasteiger partial charge in [-0.05, 0) is 27.2 Å². The molecule has 0 heterocycles. The van der Waals surface area contributed by atoms with Gasteiger partial charge >= 0.3 is 7.12 Å². The Balaban J connectivity index is 2.79. The van der Waals surface area contributed by atoms with Crippen molar-refractivity contribution in [1.29, 1.82) is 0 Å². The van der Waals surface area contributed by atoms with Crippen molar-refractivity contribution < 1.29 is 10.0 Å². The van der Waals surface area contributed by atoms with Crippen molar-refractivity contribution in [3.63, 3.8) is 0 Å². The molecular formula is C14H17BO2. The van der Waals surface area contributed by atoms with Gasteiger partial charge in [0, 0.05) is 0 Å². The fraction of sp³-hybridized carbons (Fsp3) is 0.286. The smallest absolute Gasteiger partial charge is 0.423 e. The molecule has 0 atom stereocenters. The van der Waals surface area contributed by atoms with Gasteiger partial charge in [-0.1, -0.05) is 57.2 Å². The molecule has 0 spiro atoms. The van der Waals surface area contributed by atoms with Crippen molar-refractivity contribution in [2.75, 3.05) is 0 Å². The maximum absolute atomic E-state index is 9.33. The second kappa shape index (κ2) is 4.17. The molecule has 0 fully saturated rings. The molecule has 3 heteroatoms. The largest absolute Gasteiger partial charge is 0.488 e. The first-order valence-corrected chi connectivity index (χ1v) is 5.79. The Morgan fingerprint density at radius 3 is 2.24 bits per heavy atom. The Kier molecular flexibility index (Phi) is 2.98. The van der Waals surface area contributed by atoms with E-state index in [1.165, 1.54) is 5.39 Å². The van der Waals surface area contributed by atoms with Crippen LogP contribution in [0, 0.1) is 0 Å². The molecule has 0 aliphatic carbocycles. The third-order valence-electron chi connectivity index (χ3n) is 2.99. The van der Waals surface area contributed by atoms with Gasteiger partial charge in [0.2, 0.25) is 0 Å². The van der Waals surface area contributed by atoms with E-state index in [4.69, 9.17) is 0 Å². The van der Waals surface area contributed by atoms with Crippen LogP contribution in [-0.4, -0.2) is 17.2 Å². The van der Waals surface area contributed by atoms with E-state index in [1.807, 2.05) is 30.3 Å².